The Kier molecular flexibility index (Phi) is 7.06. The van der Waals surface area contributed by atoms with Crippen LogP contribution in [0.25, 0.3) is 21.9 Å². The van der Waals surface area contributed by atoms with Crippen LogP contribution in [0, 0.1) is 0 Å². The van der Waals surface area contributed by atoms with Gasteiger partial charge in [-0.2, -0.15) is 0 Å². The number of nitrogens with one attached hydrogen (secondary N) is 1. The number of hydrogen-bond donors (Lipinski definition) is 1. The largest absolute Gasteiger partial charge is 0.492 e. The molecule has 1 fully saturated rings. The number of pyridine rings is 1. The summed E-state index contributed by atoms with van der Waals surface area (Å²) in [5, 5.41) is 5.95. The Morgan fingerprint density at radius 1 is 0.919 bits per heavy atom. The Labute approximate surface area is 217 Å². The molecule has 1 saturated heterocycles. The summed E-state index contributed by atoms with van der Waals surface area (Å²) in [6.45, 7) is 7.71. The van der Waals surface area contributed by atoms with Crippen LogP contribution in [0.5, 0.6) is 5.75 Å². The van der Waals surface area contributed by atoms with Gasteiger partial charge in [0.1, 0.15) is 17.9 Å². The van der Waals surface area contributed by atoms with Crippen molar-refractivity contribution in [3.63, 3.8) is 0 Å². The van der Waals surface area contributed by atoms with E-state index in [2.05, 4.69) is 39.4 Å². The second-order valence-electron chi connectivity index (χ2n) is 10.0. The number of ether oxygens (including phenoxy) is 1. The highest BCUT2D eigenvalue weighted by Gasteiger charge is 2.19. The standard InChI is InChI=1S/C30H34N4O3/c35-29-12-10-22-9-11-23(21-28(22)37-29)36-20-19-34-17-15-33(16-18-34)14-13-31-30-24-5-1-3-7-26(24)32-27-8-4-2-6-25(27)30/h1,3,5,7,9-12,21H,2,4,6,8,13-20H2,(H,31,32). The van der Waals surface area contributed by atoms with Crippen molar-refractivity contribution in [2.45, 2.75) is 25.7 Å². The lowest BCUT2D eigenvalue weighted by Gasteiger charge is -2.34. The van der Waals surface area contributed by atoms with E-state index in [1.807, 2.05) is 12.1 Å². The number of aromatic nitrogens is 1. The molecule has 2 aliphatic rings. The van der Waals surface area contributed by atoms with Gasteiger partial charge in [0.2, 0.25) is 0 Å². The van der Waals surface area contributed by atoms with Crippen molar-refractivity contribution in [3.05, 3.63) is 76.3 Å². The third-order valence-corrected chi connectivity index (χ3v) is 7.63. The summed E-state index contributed by atoms with van der Waals surface area (Å²) in [4.78, 5) is 21.4. The van der Waals surface area contributed by atoms with Crippen LogP contribution in [0.15, 0.2) is 63.8 Å². The Hall–Kier alpha value is -3.42. The minimum Gasteiger partial charge on any atom is -0.492 e. The summed E-state index contributed by atoms with van der Waals surface area (Å²) in [5.74, 6) is 0.734. The molecule has 7 nitrogen and oxygen atoms in total. The molecule has 192 valence electrons. The van der Waals surface area contributed by atoms with Gasteiger partial charge in [-0.05, 0) is 55.5 Å². The highest BCUT2D eigenvalue weighted by Crippen LogP contribution is 2.33. The van der Waals surface area contributed by atoms with Gasteiger partial charge in [-0.15, -0.1) is 0 Å². The number of para-hydroxylation sites is 1. The van der Waals surface area contributed by atoms with E-state index in [-0.39, 0.29) is 5.63 Å². The summed E-state index contributed by atoms with van der Waals surface area (Å²) in [7, 11) is 0. The van der Waals surface area contributed by atoms with Gasteiger partial charge >= 0.3 is 5.63 Å². The minimum absolute atomic E-state index is 0.341. The topological polar surface area (TPSA) is 70.8 Å². The zero-order valence-corrected chi connectivity index (χ0v) is 21.2. The van der Waals surface area contributed by atoms with E-state index in [4.69, 9.17) is 14.1 Å². The van der Waals surface area contributed by atoms with Crippen molar-refractivity contribution in [3.8, 4) is 5.75 Å². The zero-order chi connectivity index (χ0) is 25.0. The maximum absolute atomic E-state index is 11.5. The number of fused-ring (bicyclic) bond motifs is 3. The maximum Gasteiger partial charge on any atom is 0.336 e. The zero-order valence-electron chi connectivity index (χ0n) is 21.2. The molecular weight excluding hydrogens is 464 g/mol. The van der Waals surface area contributed by atoms with E-state index in [0.717, 1.165) is 75.3 Å². The summed E-state index contributed by atoms with van der Waals surface area (Å²) in [6.07, 6.45) is 4.72. The molecule has 1 aliphatic carbocycles. The van der Waals surface area contributed by atoms with Crippen LogP contribution in [-0.2, 0) is 12.8 Å². The molecule has 0 saturated carbocycles. The van der Waals surface area contributed by atoms with Crippen molar-refractivity contribution in [1.29, 1.82) is 0 Å². The molecule has 0 atom stereocenters. The van der Waals surface area contributed by atoms with Gasteiger partial charge in [-0.25, -0.2) is 4.79 Å². The quantitative estimate of drug-likeness (QED) is 0.363. The third-order valence-electron chi connectivity index (χ3n) is 7.63. The molecule has 2 aromatic heterocycles. The lowest BCUT2D eigenvalue weighted by Crippen LogP contribution is -2.48. The Morgan fingerprint density at radius 3 is 2.59 bits per heavy atom. The summed E-state index contributed by atoms with van der Waals surface area (Å²) < 4.78 is 11.2. The molecule has 0 unspecified atom stereocenters. The van der Waals surface area contributed by atoms with Crippen LogP contribution >= 0.6 is 0 Å². The summed E-state index contributed by atoms with van der Waals surface area (Å²) in [5.41, 5.74) is 5.36. The molecule has 0 radical (unpaired) electrons. The van der Waals surface area contributed by atoms with Gasteiger partial charge in [-0.1, -0.05) is 18.2 Å². The molecule has 4 aromatic rings. The molecular formula is C30H34N4O3. The second-order valence-corrected chi connectivity index (χ2v) is 10.0. The Bertz CT molecular complexity index is 1440. The number of rotatable bonds is 8. The number of nitrogens with zero attached hydrogens (tertiary/aromatic N) is 3. The molecule has 0 bridgehead atoms. The van der Waals surface area contributed by atoms with Crippen LogP contribution in [-0.4, -0.2) is 67.2 Å². The molecule has 0 spiro atoms. The molecule has 6 rings (SSSR count). The lowest BCUT2D eigenvalue weighted by molar-refractivity contribution is 0.120. The molecule has 1 N–H and O–H groups in total. The fourth-order valence-electron chi connectivity index (χ4n) is 5.57. The minimum atomic E-state index is -0.341. The predicted molar refractivity (Wildman–Crippen MR) is 148 cm³/mol. The fourth-order valence-corrected chi connectivity index (χ4v) is 5.57. The second kappa shape index (κ2) is 10.9. The number of piperazine rings is 1. The van der Waals surface area contributed by atoms with Crippen LogP contribution in [0.2, 0.25) is 0 Å². The normalized spacial score (nSPS) is 16.6. The third kappa shape index (κ3) is 5.48. The molecule has 37 heavy (non-hydrogen) atoms. The molecule has 0 amide bonds. The lowest BCUT2D eigenvalue weighted by atomic mass is 9.92. The first-order valence-electron chi connectivity index (χ1n) is 13.5. The number of benzene rings is 2. The van der Waals surface area contributed by atoms with E-state index < -0.39 is 0 Å². The number of aryl methyl sites for hydroxylation is 1. The van der Waals surface area contributed by atoms with Crippen molar-refractivity contribution >= 4 is 27.6 Å². The van der Waals surface area contributed by atoms with Crippen LogP contribution in [0.3, 0.4) is 0 Å². The van der Waals surface area contributed by atoms with Gasteiger partial charge in [0.25, 0.3) is 0 Å². The average Bonchev–Trinajstić information content (AvgIpc) is 2.93. The Morgan fingerprint density at radius 2 is 1.70 bits per heavy atom. The van der Waals surface area contributed by atoms with Crippen molar-refractivity contribution in [1.82, 2.24) is 14.8 Å². The average molecular weight is 499 g/mol. The monoisotopic (exact) mass is 498 g/mol. The van der Waals surface area contributed by atoms with Crippen molar-refractivity contribution < 1.29 is 9.15 Å². The Balaban J connectivity index is 0.973. The SMILES string of the molecule is O=c1ccc2ccc(OCCN3CCN(CCNc4c5c(nc6ccccc46)CCCC5)CC3)cc2o1. The molecule has 2 aromatic carbocycles. The first-order valence-corrected chi connectivity index (χ1v) is 13.5. The van der Waals surface area contributed by atoms with E-state index in [1.54, 1.807) is 12.1 Å². The van der Waals surface area contributed by atoms with Gasteiger partial charge in [-0.3, -0.25) is 14.8 Å². The maximum atomic E-state index is 11.5. The van der Waals surface area contributed by atoms with Gasteiger partial charge in [0.05, 0.1) is 5.52 Å². The van der Waals surface area contributed by atoms with Gasteiger partial charge < -0.3 is 14.5 Å². The van der Waals surface area contributed by atoms with E-state index in [1.165, 1.54) is 41.2 Å². The number of anilines is 1. The highest BCUT2D eigenvalue weighted by molar-refractivity contribution is 5.93. The molecule has 7 heteroatoms. The smallest absolute Gasteiger partial charge is 0.336 e. The van der Waals surface area contributed by atoms with E-state index in [9.17, 15) is 4.79 Å². The van der Waals surface area contributed by atoms with Gasteiger partial charge in [0, 0.05) is 80.1 Å². The summed E-state index contributed by atoms with van der Waals surface area (Å²) in [6, 6.07) is 17.4. The van der Waals surface area contributed by atoms with E-state index in [0.29, 0.717) is 12.2 Å². The van der Waals surface area contributed by atoms with E-state index >= 15 is 0 Å². The highest BCUT2D eigenvalue weighted by atomic mass is 16.5. The van der Waals surface area contributed by atoms with Crippen LogP contribution in [0.4, 0.5) is 5.69 Å². The van der Waals surface area contributed by atoms with Crippen molar-refractivity contribution in [2.75, 3.05) is 57.7 Å². The first kappa shape index (κ1) is 23.9. The fraction of sp³-hybridized carbons (Fsp3) is 0.400. The number of hydrogen-bond acceptors (Lipinski definition) is 7. The summed E-state index contributed by atoms with van der Waals surface area (Å²) >= 11 is 0. The van der Waals surface area contributed by atoms with Crippen LogP contribution in [0.1, 0.15) is 24.1 Å². The first-order chi connectivity index (χ1) is 18.2. The molecule has 1 aliphatic heterocycles. The van der Waals surface area contributed by atoms with Crippen molar-refractivity contribution in [2.24, 2.45) is 0 Å². The predicted octanol–water partition coefficient (Wildman–Crippen LogP) is 4.33. The molecule has 3 heterocycles. The van der Waals surface area contributed by atoms with Crippen LogP contribution < -0.4 is 15.7 Å². The van der Waals surface area contributed by atoms with Gasteiger partial charge in [0.15, 0.2) is 0 Å².